The number of nitrogens with one attached hydrogen (secondary N) is 1. The third kappa shape index (κ3) is 1.99. The molecular formula is C14H11N2O. The number of H-pyrrole nitrogens is 1. The smallest absolute Gasteiger partial charge is 0.199 e. The predicted octanol–water partition coefficient (Wildman–Crippen LogP) is 2.94. The molecule has 0 aliphatic carbocycles. The van der Waals surface area contributed by atoms with Crippen molar-refractivity contribution in [2.45, 2.75) is 6.61 Å². The molecule has 83 valence electrons. The van der Waals surface area contributed by atoms with E-state index in [0.717, 1.165) is 22.3 Å². The van der Waals surface area contributed by atoms with Crippen molar-refractivity contribution in [1.29, 1.82) is 0 Å². The molecular weight excluding hydrogens is 212 g/mol. The average molecular weight is 223 g/mol. The van der Waals surface area contributed by atoms with Gasteiger partial charge in [0.05, 0.1) is 11.9 Å². The maximum Gasteiger partial charge on any atom is 0.199 e. The van der Waals surface area contributed by atoms with E-state index < -0.39 is 0 Å². The normalized spacial score (nSPS) is 10.6. The Kier molecular flexibility index (Phi) is 2.50. The van der Waals surface area contributed by atoms with Crippen molar-refractivity contribution in [1.82, 2.24) is 9.97 Å². The van der Waals surface area contributed by atoms with Crippen molar-refractivity contribution in [2.75, 3.05) is 0 Å². The van der Waals surface area contributed by atoms with Crippen LogP contribution in [-0.4, -0.2) is 9.97 Å². The summed E-state index contributed by atoms with van der Waals surface area (Å²) in [5.41, 5.74) is 0.909. The molecule has 0 aliphatic heterocycles. The van der Waals surface area contributed by atoms with E-state index in [0.29, 0.717) is 6.61 Å². The lowest BCUT2D eigenvalue weighted by Crippen LogP contribution is -1.97. The van der Waals surface area contributed by atoms with Crippen molar-refractivity contribution in [2.24, 2.45) is 0 Å². The number of fused-ring (bicyclic) bond motifs is 1. The third-order valence-electron chi connectivity index (χ3n) is 2.57. The lowest BCUT2D eigenvalue weighted by Gasteiger charge is -2.03. The quantitative estimate of drug-likeness (QED) is 0.741. The molecule has 0 amide bonds. The minimum absolute atomic E-state index is 0.458. The Bertz CT molecular complexity index is 616. The van der Waals surface area contributed by atoms with Crippen molar-refractivity contribution in [3.63, 3.8) is 0 Å². The molecule has 3 rings (SSSR count). The van der Waals surface area contributed by atoms with Crippen molar-refractivity contribution in [3.05, 3.63) is 60.6 Å². The van der Waals surface area contributed by atoms with Crippen LogP contribution < -0.4 is 4.74 Å². The first kappa shape index (κ1) is 9.90. The molecule has 1 N–H and O–H groups in total. The highest BCUT2D eigenvalue weighted by molar-refractivity contribution is 5.86. The maximum atomic E-state index is 5.70. The number of rotatable bonds is 3. The summed E-state index contributed by atoms with van der Waals surface area (Å²) in [6, 6.07) is 13.8. The highest BCUT2D eigenvalue weighted by atomic mass is 16.5. The van der Waals surface area contributed by atoms with Crippen LogP contribution in [0.25, 0.3) is 10.8 Å². The molecule has 2 heterocycles. The molecule has 17 heavy (non-hydrogen) atoms. The van der Waals surface area contributed by atoms with Crippen LogP contribution >= 0.6 is 0 Å². The van der Waals surface area contributed by atoms with Gasteiger partial charge in [-0.05, 0) is 18.2 Å². The van der Waals surface area contributed by atoms with Crippen LogP contribution in [0.5, 0.6) is 5.88 Å². The zero-order valence-corrected chi connectivity index (χ0v) is 9.18. The van der Waals surface area contributed by atoms with E-state index in [1.165, 1.54) is 0 Å². The number of pyridine rings is 1. The summed E-state index contributed by atoms with van der Waals surface area (Å²) in [7, 11) is 0. The van der Waals surface area contributed by atoms with Gasteiger partial charge in [0.2, 0.25) is 0 Å². The van der Waals surface area contributed by atoms with Gasteiger partial charge >= 0.3 is 0 Å². The van der Waals surface area contributed by atoms with Gasteiger partial charge in [0.25, 0.3) is 0 Å². The van der Waals surface area contributed by atoms with Crippen molar-refractivity contribution >= 4 is 10.8 Å². The fourth-order valence-electron chi connectivity index (χ4n) is 1.73. The Balaban J connectivity index is 1.82. The predicted molar refractivity (Wildman–Crippen MR) is 65.7 cm³/mol. The fourth-order valence-corrected chi connectivity index (χ4v) is 1.73. The number of nitrogens with zero attached hydrogens (tertiary/aromatic N) is 1. The number of benzene rings is 1. The molecule has 0 unspecified atom stereocenters. The minimum Gasteiger partial charge on any atom is -0.472 e. The summed E-state index contributed by atoms with van der Waals surface area (Å²) in [6.45, 7) is 0.458. The summed E-state index contributed by atoms with van der Waals surface area (Å²) in [5.74, 6) is 0.742. The Morgan fingerprint density at radius 1 is 1.12 bits per heavy atom. The van der Waals surface area contributed by atoms with E-state index >= 15 is 0 Å². The van der Waals surface area contributed by atoms with Gasteiger partial charge in [-0.25, -0.2) is 0 Å². The highest BCUT2D eigenvalue weighted by Gasteiger charge is 2.04. The van der Waals surface area contributed by atoms with E-state index in [1.807, 2.05) is 42.5 Å². The molecule has 0 atom stereocenters. The van der Waals surface area contributed by atoms with Gasteiger partial charge in [-0.2, -0.15) is 0 Å². The molecule has 3 aromatic rings. The van der Waals surface area contributed by atoms with Crippen molar-refractivity contribution in [3.8, 4) is 5.88 Å². The summed E-state index contributed by atoms with van der Waals surface area (Å²) < 4.78 is 5.70. The molecule has 2 aromatic heterocycles. The second-order valence-electron chi connectivity index (χ2n) is 3.73. The molecule has 1 aromatic carbocycles. The first-order valence-corrected chi connectivity index (χ1v) is 5.44. The number of hydrogen-bond donors (Lipinski definition) is 1. The van der Waals surface area contributed by atoms with E-state index in [1.54, 1.807) is 6.20 Å². The largest absolute Gasteiger partial charge is 0.472 e. The lowest BCUT2D eigenvalue weighted by atomic mass is 10.2. The van der Waals surface area contributed by atoms with Gasteiger partial charge in [-0.15, -0.1) is 0 Å². The number of aromatic amines is 1. The summed E-state index contributed by atoms with van der Waals surface area (Å²) in [6.07, 6.45) is 4.82. The maximum absolute atomic E-state index is 5.70. The van der Waals surface area contributed by atoms with Gasteiger partial charge in [0.1, 0.15) is 6.61 Å². The zero-order valence-electron chi connectivity index (χ0n) is 9.18. The Morgan fingerprint density at radius 2 is 2.00 bits per heavy atom. The molecule has 0 saturated carbocycles. The van der Waals surface area contributed by atoms with E-state index in [-0.39, 0.29) is 0 Å². The molecule has 0 bridgehead atoms. The van der Waals surface area contributed by atoms with Gasteiger partial charge < -0.3 is 9.72 Å². The van der Waals surface area contributed by atoms with Gasteiger partial charge in [0, 0.05) is 17.0 Å². The first-order chi connectivity index (χ1) is 8.43. The Morgan fingerprint density at radius 3 is 2.88 bits per heavy atom. The summed E-state index contributed by atoms with van der Waals surface area (Å²) in [5, 5.41) is 2.08. The van der Waals surface area contributed by atoms with Crippen LogP contribution in [0.15, 0.2) is 48.7 Å². The second kappa shape index (κ2) is 4.29. The summed E-state index contributed by atoms with van der Waals surface area (Å²) in [4.78, 5) is 7.22. The molecule has 0 saturated heterocycles. The zero-order chi connectivity index (χ0) is 11.5. The van der Waals surface area contributed by atoms with Gasteiger partial charge in [0.15, 0.2) is 5.88 Å². The summed E-state index contributed by atoms with van der Waals surface area (Å²) >= 11 is 0. The average Bonchev–Trinajstić information content (AvgIpc) is 2.81. The van der Waals surface area contributed by atoms with Crippen LogP contribution in [-0.2, 0) is 6.61 Å². The van der Waals surface area contributed by atoms with E-state index in [4.69, 9.17) is 4.74 Å². The number of hydrogen-bond acceptors (Lipinski definition) is 2. The van der Waals surface area contributed by atoms with Crippen LogP contribution in [0.1, 0.15) is 5.69 Å². The first-order valence-electron chi connectivity index (χ1n) is 5.44. The fraction of sp³-hybridized carbons (Fsp3) is 0.0714. The molecule has 0 aliphatic rings. The number of aromatic nitrogens is 2. The Hall–Kier alpha value is -2.29. The van der Waals surface area contributed by atoms with Gasteiger partial charge in [-0.1, -0.05) is 24.3 Å². The van der Waals surface area contributed by atoms with Crippen LogP contribution in [0.4, 0.5) is 0 Å². The number of ether oxygens (including phenoxy) is 1. The lowest BCUT2D eigenvalue weighted by molar-refractivity contribution is 0.294. The third-order valence-corrected chi connectivity index (χ3v) is 2.57. The Labute approximate surface area is 99.1 Å². The van der Waals surface area contributed by atoms with Crippen molar-refractivity contribution < 1.29 is 4.74 Å². The minimum atomic E-state index is 0.458. The highest BCUT2D eigenvalue weighted by Crippen LogP contribution is 2.24. The van der Waals surface area contributed by atoms with Crippen LogP contribution in [0.2, 0.25) is 0 Å². The second-order valence-corrected chi connectivity index (χ2v) is 3.73. The molecule has 1 radical (unpaired) electrons. The molecule has 0 spiro atoms. The molecule has 3 heteroatoms. The van der Waals surface area contributed by atoms with Gasteiger partial charge in [-0.3, -0.25) is 4.98 Å². The van der Waals surface area contributed by atoms with Crippen LogP contribution in [0, 0.1) is 6.20 Å². The van der Waals surface area contributed by atoms with Crippen LogP contribution in [0.3, 0.4) is 0 Å². The molecule has 0 fully saturated rings. The topological polar surface area (TPSA) is 37.9 Å². The SMILES string of the molecule is [c]1[nH]c(OCc2ccccn2)c2ccccc12. The monoisotopic (exact) mass is 223 g/mol. The van der Waals surface area contributed by atoms with E-state index in [2.05, 4.69) is 16.2 Å². The standard InChI is InChI=1S/C14H11N2O/c1-2-7-13-11(5-1)9-16-14(13)17-10-12-6-3-4-8-15-12/h1-8,16H,10H2. The van der Waals surface area contributed by atoms with E-state index in [9.17, 15) is 0 Å². The molecule has 3 nitrogen and oxygen atoms in total.